The lowest BCUT2D eigenvalue weighted by Gasteiger charge is -2.26. The Hall–Kier alpha value is -4.91. The van der Waals surface area contributed by atoms with Gasteiger partial charge in [-0.1, -0.05) is 109 Å². The largest absolute Gasteiger partial charge is 0.481 e. The molecule has 7 heteroatoms. The van der Waals surface area contributed by atoms with Crippen LogP contribution < -0.4 is 5.32 Å². The Morgan fingerprint density at radius 1 is 0.780 bits per heavy atom. The van der Waals surface area contributed by atoms with Gasteiger partial charge in [0.1, 0.15) is 6.61 Å². The molecule has 7 nitrogen and oxygen atoms in total. The first kappa shape index (κ1) is 27.6. The molecule has 1 aliphatic carbocycles. The summed E-state index contributed by atoms with van der Waals surface area (Å²) in [4.78, 5) is 39.5. The van der Waals surface area contributed by atoms with Crippen LogP contribution in [0.3, 0.4) is 0 Å². The summed E-state index contributed by atoms with van der Waals surface area (Å²) in [7, 11) is 0. The van der Waals surface area contributed by atoms with Crippen molar-refractivity contribution < 1.29 is 24.2 Å². The van der Waals surface area contributed by atoms with E-state index in [0.29, 0.717) is 0 Å². The van der Waals surface area contributed by atoms with E-state index >= 15 is 0 Å². The van der Waals surface area contributed by atoms with E-state index in [4.69, 9.17) is 4.74 Å². The van der Waals surface area contributed by atoms with E-state index in [-0.39, 0.29) is 44.4 Å². The Morgan fingerprint density at radius 2 is 1.34 bits per heavy atom. The number of amides is 2. The van der Waals surface area contributed by atoms with Crippen molar-refractivity contribution >= 4 is 18.0 Å². The number of carboxylic acid groups (broad SMARTS) is 1. The first-order chi connectivity index (χ1) is 20.0. The van der Waals surface area contributed by atoms with E-state index in [9.17, 15) is 19.5 Å². The van der Waals surface area contributed by atoms with Crippen molar-refractivity contribution in [2.45, 2.75) is 31.3 Å². The topological polar surface area (TPSA) is 95.9 Å². The molecule has 208 valence electrons. The van der Waals surface area contributed by atoms with Crippen LogP contribution in [0.25, 0.3) is 11.1 Å². The zero-order valence-corrected chi connectivity index (χ0v) is 22.6. The number of nitrogens with zero attached hydrogens (tertiary/aromatic N) is 1. The number of rotatable bonds is 11. The van der Waals surface area contributed by atoms with Crippen LogP contribution in [-0.4, -0.2) is 41.1 Å². The lowest BCUT2D eigenvalue weighted by Crippen LogP contribution is -2.37. The number of benzene rings is 4. The van der Waals surface area contributed by atoms with Crippen LogP contribution in [0.2, 0.25) is 0 Å². The van der Waals surface area contributed by atoms with Gasteiger partial charge >= 0.3 is 12.1 Å². The Labute approximate surface area is 239 Å². The van der Waals surface area contributed by atoms with Crippen molar-refractivity contribution in [2.75, 3.05) is 13.2 Å². The molecule has 0 aromatic heterocycles. The molecule has 41 heavy (non-hydrogen) atoms. The van der Waals surface area contributed by atoms with E-state index in [0.717, 1.165) is 33.4 Å². The fourth-order valence-corrected chi connectivity index (χ4v) is 5.35. The van der Waals surface area contributed by atoms with Gasteiger partial charge in [-0.25, -0.2) is 4.79 Å². The summed E-state index contributed by atoms with van der Waals surface area (Å²) in [5, 5.41) is 12.1. The van der Waals surface area contributed by atoms with Crippen molar-refractivity contribution in [1.29, 1.82) is 0 Å². The molecular weight excluding hydrogens is 516 g/mol. The molecule has 1 aliphatic rings. The monoisotopic (exact) mass is 548 g/mol. The third kappa shape index (κ3) is 6.81. The predicted molar refractivity (Wildman–Crippen MR) is 156 cm³/mol. The van der Waals surface area contributed by atoms with Crippen LogP contribution in [0.4, 0.5) is 4.79 Å². The van der Waals surface area contributed by atoms with Crippen molar-refractivity contribution in [3.8, 4) is 11.1 Å². The number of aliphatic carboxylic acids is 1. The van der Waals surface area contributed by atoms with E-state index in [1.54, 1.807) is 0 Å². The number of fused-ring (bicyclic) bond motifs is 3. The van der Waals surface area contributed by atoms with Gasteiger partial charge < -0.3 is 20.1 Å². The number of alkyl carbamates (subject to hydrolysis) is 1. The molecule has 4 aromatic carbocycles. The fraction of sp³-hybridized carbons (Fsp3) is 0.206. The lowest BCUT2D eigenvalue weighted by atomic mass is 9.98. The van der Waals surface area contributed by atoms with Crippen LogP contribution in [0.1, 0.15) is 47.1 Å². The molecule has 0 heterocycles. The minimum atomic E-state index is -0.979. The average Bonchev–Trinajstić information content (AvgIpc) is 3.32. The summed E-state index contributed by atoms with van der Waals surface area (Å²) in [5.41, 5.74) is 6.17. The Balaban J connectivity index is 1.29. The molecule has 0 fully saturated rings. The molecule has 0 radical (unpaired) electrons. The van der Waals surface area contributed by atoms with Gasteiger partial charge in [-0.2, -0.15) is 0 Å². The molecule has 1 atom stereocenters. The molecule has 0 saturated carbocycles. The van der Waals surface area contributed by atoms with Crippen LogP contribution in [0.5, 0.6) is 0 Å². The highest BCUT2D eigenvalue weighted by Crippen LogP contribution is 2.44. The van der Waals surface area contributed by atoms with Gasteiger partial charge in [-0.15, -0.1) is 0 Å². The van der Waals surface area contributed by atoms with Gasteiger partial charge in [0.05, 0.1) is 18.9 Å². The highest BCUT2D eigenvalue weighted by molar-refractivity contribution is 5.80. The molecule has 5 rings (SSSR count). The summed E-state index contributed by atoms with van der Waals surface area (Å²) in [5.74, 6) is -1.32. The maximum absolute atomic E-state index is 13.5. The van der Waals surface area contributed by atoms with E-state index in [1.807, 2.05) is 84.9 Å². The molecule has 1 unspecified atom stereocenters. The van der Waals surface area contributed by atoms with Crippen molar-refractivity contribution in [3.63, 3.8) is 0 Å². The zero-order chi connectivity index (χ0) is 28.6. The van der Waals surface area contributed by atoms with E-state index in [2.05, 4.69) is 29.6 Å². The molecular formula is C34H32N2O5. The van der Waals surface area contributed by atoms with Gasteiger partial charge in [-0.05, 0) is 33.4 Å². The van der Waals surface area contributed by atoms with Crippen molar-refractivity contribution in [1.82, 2.24) is 10.2 Å². The van der Waals surface area contributed by atoms with E-state index in [1.165, 1.54) is 4.90 Å². The Morgan fingerprint density at radius 3 is 1.95 bits per heavy atom. The first-order valence-electron chi connectivity index (χ1n) is 13.7. The second-order valence-corrected chi connectivity index (χ2v) is 10.1. The van der Waals surface area contributed by atoms with Crippen molar-refractivity contribution in [2.24, 2.45) is 0 Å². The smallest absolute Gasteiger partial charge is 0.407 e. The van der Waals surface area contributed by atoms with Gasteiger partial charge in [0.15, 0.2) is 0 Å². The number of carboxylic acids is 1. The maximum atomic E-state index is 13.5. The zero-order valence-electron chi connectivity index (χ0n) is 22.6. The lowest BCUT2D eigenvalue weighted by molar-refractivity contribution is -0.138. The van der Waals surface area contributed by atoms with Crippen LogP contribution in [0, 0.1) is 0 Å². The molecule has 4 aromatic rings. The molecule has 0 bridgehead atoms. The number of ether oxygens (including phenoxy) is 1. The summed E-state index contributed by atoms with van der Waals surface area (Å²) >= 11 is 0. The minimum Gasteiger partial charge on any atom is -0.481 e. The first-order valence-corrected chi connectivity index (χ1v) is 13.7. The highest BCUT2D eigenvalue weighted by Gasteiger charge is 2.30. The Kier molecular flexibility index (Phi) is 8.74. The summed E-state index contributed by atoms with van der Waals surface area (Å²) in [6.45, 7) is 0.503. The third-order valence-corrected chi connectivity index (χ3v) is 7.38. The number of hydrogen-bond acceptors (Lipinski definition) is 4. The average molecular weight is 549 g/mol. The number of carbonyl (C=O) groups is 3. The molecule has 2 N–H and O–H groups in total. The quantitative estimate of drug-likeness (QED) is 0.234. The molecule has 0 saturated heterocycles. The minimum absolute atomic E-state index is 0.0410. The second kappa shape index (κ2) is 13.0. The fourth-order valence-electron chi connectivity index (χ4n) is 5.35. The highest BCUT2D eigenvalue weighted by atomic mass is 16.5. The SMILES string of the molecule is O=C(O)CCN(Cc1ccccc1)C(=O)CC(NC(=O)OCC1c2ccccc2-c2ccccc21)c1ccccc1. The molecule has 0 aliphatic heterocycles. The number of hydrogen-bond donors (Lipinski definition) is 2. The summed E-state index contributed by atoms with van der Waals surface area (Å²) in [6, 6.07) is 34.3. The maximum Gasteiger partial charge on any atom is 0.407 e. The van der Waals surface area contributed by atoms with Gasteiger partial charge in [0, 0.05) is 19.0 Å². The van der Waals surface area contributed by atoms with Gasteiger partial charge in [0.25, 0.3) is 0 Å². The second-order valence-electron chi connectivity index (χ2n) is 10.1. The molecule has 0 spiro atoms. The van der Waals surface area contributed by atoms with Gasteiger partial charge in [0.2, 0.25) is 5.91 Å². The standard InChI is InChI=1S/C34H32N2O5/c37-32(36(20-19-33(38)39)22-24-11-3-1-4-12-24)21-31(25-13-5-2-6-14-25)35-34(40)41-23-30-28-17-9-7-15-26(28)27-16-8-10-18-29(27)30/h1-18,30-31H,19-23H2,(H,35,40)(H,38,39). The predicted octanol–water partition coefficient (Wildman–Crippen LogP) is 6.16. The van der Waals surface area contributed by atoms with Crippen LogP contribution in [0.15, 0.2) is 109 Å². The third-order valence-electron chi connectivity index (χ3n) is 7.38. The number of carbonyl (C=O) groups excluding carboxylic acids is 2. The summed E-state index contributed by atoms with van der Waals surface area (Å²) in [6.07, 6.45) is -0.830. The summed E-state index contributed by atoms with van der Waals surface area (Å²) < 4.78 is 5.76. The van der Waals surface area contributed by atoms with Crippen LogP contribution in [-0.2, 0) is 20.9 Å². The van der Waals surface area contributed by atoms with Crippen molar-refractivity contribution in [3.05, 3.63) is 131 Å². The normalized spacial score (nSPS) is 12.6. The molecule has 2 amide bonds. The number of nitrogens with one attached hydrogen (secondary N) is 1. The van der Waals surface area contributed by atoms with Crippen LogP contribution >= 0.6 is 0 Å². The Bertz CT molecular complexity index is 1460. The van der Waals surface area contributed by atoms with Gasteiger partial charge in [-0.3, -0.25) is 9.59 Å². The van der Waals surface area contributed by atoms with E-state index < -0.39 is 18.1 Å².